The van der Waals surface area contributed by atoms with E-state index in [1.54, 1.807) is 6.33 Å². The van der Waals surface area contributed by atoms with Crippen LogP contribution < -0.4 is 5.32 Å². The van der Waals surface area contributed by atoms with Crippen LogP contribution in [0.1, 0.15) is 36.2 Å². The van der Waals surface area contributed by atoms with E-state index in [0.29, 0.717) is 6.54 Å². The van der Waals surface area contributed by atoms with Crippen LogP contribution in [0.3, 0.4) is 0 Å². The zero-order valence-electron chi connectivity index (χ0n) is 11.3. The molecule has 5 nitrogen and oxygen atoms in total. The SMILES string of the molecule is Cn1ccc(CNc2ncnc3c2CCCCC3)n1. The Kier molecular flexibility index (Phi) is 3.44. The van der Waals surface area contributed by atoms with E-state index in [1.165, 1.54) is 30.5 Å². The molecule has 0 aliphatic heterocycles. The van der Waals surface area contributed by atoms with Gasteiger partial charge in [-0.25, -0.2) is 9.97 Å². The number of aromatic nitrogens is 4. The summed E-state index contributed by atoms with van der Waals surface area (Å²) < 4.78 is 1.82. The molecule has 1 aliphatic rings. The molecule has 1 aliphatic carbocycles. The van der Waals surface area contributed by atoms with Gasteiger partial charge in [0.2, 0.25) is 0 Å². The molecule has 5 heteroatoms. The van der Waals surface area contributed by atoms with Crippen LogP contribution in [-0.4, -0.2) is 19.7 Å². The van der Waals surface area contributed by atoms with E-state index in [2.05, 4.69) is 20.4 Å². The average molecular weight is 257 g/mol. The molecule has 0 aromatic carbocycles. The highest BCUT2D eigenvalue weighted by Crippen LogP contribution is 2.23. The van der Waals surface area contributed by atoms with Gasteiger partial charge >= 0.3 is 0 Å². The number of hydrogen-bond donors (Lipinski definition) is 1. The maximum atomic E-state index is 4.43. The Morgan fingerprint density at radius 3 is 2.95 bits per heavy atom. The number of fused-ring (bicyclic) bond motifs is 1. The van der Waals surface area contributed by atoms with E-state index in [4.69, 9.17) is 0 Å². The van der Waals surface area contributed by atoms with Gasteiger partial charge in [-0.05, 0) is 31.7 Å². The Morgan fingerprint density at radius 1 is 1.21 bits per heavy atom. The molecule has 3 rings (SSSR count). The Labute approximate surface area is 113 Å². The molecule has 0 saturated heterocycles. The summed E-state index contributed by atoms with van der Waals surface area (Å²) in [5.41, 5.74) is 3.55. The first-order valence-electron chi connectivity index (χ1n) is 6.88. The lowest BCUT2D eigenvalue weighted by Gasteiger charge is -2.11. The van der Waals surface area contributed by atoms with Crippen LogP contribution in [0.15, 0.2) is 18.6 Å². The van der Waals surface area contributed by atoms with Crippen molar-refractivity contribution in [3.05, 3.63) is 35.5 Å². The molecular formula is C14H19N5. The molecule has 2 aromatic rings. The summed E-state index contributed by atoms with van der Waals surface area (Å²) in [6.07, 6.45) is 9.55. The summed E-state index contributed by atoms with van der Waals surface area (Å²) >= 11 is 0. The topological polar surface area (TPSA) is 55.6 Å². The molecule has 0 atom stereocenters. The number of hydrogen-bond acceptors (Lipinski definition) is 4. The van der Waals surface area contributed by atoms with Crippen LogP contribution in [-0.2, 0) is 26.4 Å². The zero-order valence-corrected chi connectivity index (χ0v) is 11.3. The molecule has 0 radical (unpaired) electrons. The van der Waals surface area contributed by atoms with Crippen LogP contribution in [0.5, 0.6) is 0 Å². The highest BCUT2D eigenvalue weighted by Gasteiger charge is 2.14. The lowest BCUT2D eigenvalue weighted by molar-refractivity contribution is 0.708. The van der Waals surface area contributed by atoms with Crippen molar-refractivity contribution in [2.75, 3.05) is 5.32 Å². The molecular weight excluding hydrogens is 238 g/mol. The zero-order chi connectivity index (χ0) is 13.1. The van der Waals surface area contributed by atoms with E-state index >= 15 is 0 Å². The highest BCUT2D eigenvalue weighted by atomic mass is 15.3. The summed E-state index contributed by atoms with van der Waals surface area (Å²) in [6.45, 7) is 0.713. The monoisotopic (exact) mass is 257 g/mol. The third-order valence-corrected chi connectivity index (χ3v) is 3.58. The number of rotatable bonds is 3. The van der Waals surface area contributed by atoms with E-state index in [-0.39, 0.29) is 0 Å². The van der Waals surface area contributed by atoms with Crippen LogP contribution in [0.2, 0.25) is 0 Å². The number of nitrogens with zero attached hydrogens (tertiary/aromatic N) is 4. The predicted octanol–water partition coefficient (Wildman–Crippen LogP) is 2.09. The lowest BCUT2D eigenvalue weighted by Crippen LogP contribution is -2.08. The highest BCUT2D eigenvalue weighted by molar-refractivity contribution is 5.46. The van der Waals surface area contributed by atoms with Gasteiger partial charge in [0.1, 0.15) is 12.1 Å². The van der Waals surface area contributed by atoms with Crippen molar-refractivity contribution in [3.63, 3.8) is 0 Å². The fourth-order valence-electron chi connectivity index (χ4n) is 2.58. The largest absolute Gasteiger partial charge is 0.364 e. The fraction of sp³-hybridized carbons (Fsp3) is 0.500. The molecule has 0 amide bonds. The fourth-order valence-corrected chi connectivity index (χ4v) is 2.58. The van der Waals surface area contributed by atoms with Gasteiger partial charge in [0, 0.05) is 24.5 Å². The molecule has 100 valence electrons. The van der Waals surface area contributed by atoms with Gasteiger partial charge in [-0.1, -0.05) is 6.42 Å². The van der Waals surface area contributed by atoms with E-state index in [9.17, 15) is 0 Å². The molecule has 0 fully saturated rings. The van der Waals surface area contributed by atoms with E-state index in [1.807, 2.05) is 24.0 Å². The maximum absolute atomic E-state index is 4.43. The third-order valence-electron chi connectivity index (χ3n) is 3.58. The van der Waals surface area contributed by atoms with Gasteiger partial charge in [0.25, 0.3) is 0 Å². The second kappa shape index (κ2) is 5.38. The Morgan fingerprint density at radius 2 is 2.11 bits per heavy atom. The lowest BCUT2D eigenvalue weighted by atomic mass is 10.1. The Bertz CT molecular complexity index is 561. The van der Waals surface area contributed by atoms with Crippen molar-refractivity contribution >= 4 is 5.82 Å². The van der Waals surface area contributed by atoms with E-state index in [0.717, 1.165) is 24.4 Å². The summed E-state index contributed by atoms with van der Waals surface area (Å²) in [5, 5.41) is 7.77. The van der Waals surface area contributed by atoms with E-state index < -0.39 is 0 Å². The van der Waals surface area contributed by atoms with Crippen molar-refractivity contribution in [1.29, 1.82) is 0 Å². The summed E-state index contributed by atoms with van der Waals surface area (Å²) in [6, 6.07) is 2.02. The summed E-state index contributed by atoms with van der Waals surface area (Å²) in [7, 11) is 1.93. The third kappa shape index (κ3) is 2.75. The van der Waals surface area contributed by atoms with Gasteiger partial charge in [0.05, 0.1) is 12.2 Å². The molecule has 2 aromatic heterocycles. The quantitative estimate of drug-likeness (QED) is 0.855. The summed E-state index contributed by atoms with van der Waals surface area (Å²) in [4.78, 5) is 8.83. The molecule has 0 unspecified atom stereocenters. The molecule has 0 bridgehead atoms. The molecule has 1 N–H and O–H groups in total. The second-order valence-electron chi connectivity index (χ2n) is 5.04. The van der Waals surface area contributed by atoms with Crippen molar-refractivity contribution in [3.8, 4) is 0 Å². The molecule has 19 heavy (non-hydrogen) atoms. The minimum atomic E-state index is 0.713. The first-order valence-corrected chi connectivity index (χ1v) is 6.88. The van der Waals surface area contributed by atoms with Gasteiger partial charge < -0.3 is 5.32 Å². The van der Waals surface area contributed by atoms with Gasteiger partial charge in [-0.2, -0.15) is 5.10 Å². The van der Waals surface area contributed by atoms with Crippen LogP contribution in [0, 0.1) is 0 Å². The average Bonchev–Trinajstić information content (AvgIpc) is 2.69. The second-order valence-corrected chi connectivity index (χ2v) is 5.04. The standard InChI is InChI=1S/C14H19N5/c1-19-8-7-11(18-19)9-15-14-12-5-3-2-4-6-13(12)16-10-17-14/h7-8,10H,2-6,9H2,1H3,(H,15,16,17). The van der Waals surface area contributed by atoms with Gasteiger partial charge in [0.15, 0.2) is 0 Å². The minimum Gasteiger partial charge on any atom is -0.364 e. The van der Waals surface area contributed by atoms with Crippen LogP contribution in [0.25, 0.3) is 0 Å². The first-order chi connectivity index (χ1) is 9.33. The van der Waals surface area contributed by atoms with Crippen LogP contribution in [0.4, 0.5) is 5.82 Å². The summed E-state index contributed by atoms with van der Waals surface area (Å²) in [5.74, 6) is 0.984. The van der Waals surface area contributed by atoms with Gasteiger partial charge in [-0.3, -0.25) is 4.68 Å². The molecule has 0 saturated carbocycles. The minimum absolute atomic E-state index is 0.713. The Hall–Kier alpha value is -1.91. The van der Waals surface area contributed by atoms with Crippen molar-refractivity contribution in [2.24, 2.45) is 7.05 Å². The van der Waals surface area contributed by atoms with Crippen molar-refractivity contribution < 1.29 is 0 Å². The molecule has 2 heterocycles. The predicted molar refractivity (Wildman–Crippen MR) is 73.8 cm³/mol. The maximum Gasteiger partial charge on any atom is 0.133 e. The smallest absolute Gasteiger partial charge is 0.133 e. The number of anilines is 1. The first kappa shape index (κ1) is 12.1. The van der Waals surface area contributed by atoms with Gasteiger partial charge in [-0.15, -0.1) is 0 Å². The normalized spacial score (nSPS) is 14.8. The number of aryl methyl sites for hydroxylation is 2. The number of nitrogens with one attached hydrogen (secondary N) is 1. The van der Waals surface area contributed by atoms with Crippen molar-refractivity contribution in [1.82, 2.24) is 19.7 Å². The van der Waals surface area contributed by atoms with Crippen LogP contribution >= 0.6 is 0 Å². The Balaban J connectivity index is 1.77. The molecule has 0 spiro atoms. The van der Waals surface area contributed by atoms with Crippen molar-refractivity contribution in [2.45, 2.75) is 38.6 Å².